The molecule has 4 heteroatoms. The van der Waals surface area contributed by atoms with E-state index < -0.39 is 6.04 Å². The predicted molar refractivity (Wildman–Crippen MR) is 99.9 cm³/mol. The molecule has 2 amide bonds. The van der Waals surface area contributed by atoms with Gasteiger partial charge in [-0.05, 0) is 29.5 Å². The molecule has 132 valence electrons. The van der Waals surface area contributed by atoms with Gasteiger partial charge >= 0.3 is 0 Å². The first kappa shape index (κ1) is 18.7. The molecule has 1 atom stereocenters. The van der Waals surface area contributed by atoms with Gasteiger partial charge in [0.25, 0.3) is 0 Å². The van der Waals surface area contributed by atoms with Crippen LogP contribution in [0.25, 0.3) is 0 Å². The van der Waals surface area contributed by atoms with E-state index in [1.807, 2.05) is 75.4 Å². The molecule has 0 saturated carbocycles. The van der Waals surface area contributed by atoms with Gasteiger partial charge in [-0.1, -0.05) is 68.4 Å². The van der Waals surface area contributed by atoms with Crippen LogP contribution in [0.2, 0.25) is 0 Å². The summed E-state index contributed by atoms with van der Waals surface area (Å²) in [6.07, 6.45) is 0.273. The molecule has 2 aromatic carbocycles. The minimum atomic E-state index is -0.541. The second-order valence-electron chi connectivity index (χ2n) is 6.60. The lowest BCUT2D eigenvalue weighted by Gasteiger charge is -2.22. The third-order valence-corrected chi connectivity index (χ3v) is 4.19. The number of hydrogen-bond acceptors (Lipinski definition) is 2. The molecule has 0 aliphatic rings. The van der Waals surface area contributed by atoms with Gasteiger partial charge in [0.1, 0.15) is 6.04 Å². The van der Waals surface area contributed by atoms with E-state index in [9.17, 15) is 9.59 Å². The van der Waals surface area contributed by atoms with E-state index in [1.165, 1.54) is 0 Å². The van der Waals surface area contributed by atoms with Crippen LogP contribution in [0.5, 0.6) is 0 Å². The molecule has 0 aromatic heterocycles. The van der Waals surface area contributed by atoms with E-state index in [0.717, 1.165) is 16.7 Å². The predicted octanol–water partition coefficient (Wildman–Crippen LogP) is 2.99. The van der Waals surface area contributed by atoms with E-state index >= 15 is 0 Å². The summed E-state index contributed by atoms with van der Waals surface area (Å²) in [4.78, 5) is 24.8. The molecule has 25 heavy (non-hydrogen) atoms. The Labute approximate surface area is 149 Å². The highest BCUT2D eigenvalue weighted by molar-refractivity contribution is 5.88. The van der Waals surface area contributed by atoms with Gasteiger partial charge in [-0.2, -0.15) is 0 Å². The van der Waals surface area contributed by atoms with Crippen LogP contribution < -0.4 is 10.6 Å². The lowest BCUT2D eigenvalue weighted by molar-refractivity contribution is -0.129. The molecule has 0 fully saturated rings. The van der Waals surface area contributed by atoms with Crippen molar-refractivity contribution in [3.63, 3.8) is 0 Å². The van der Waals surface area contributed by atoms with Crippen molar-refractivity contribution in [2.75, 3.05) is 0 Å². The first-order chi connectivity index (χ1) is 12.0. The van der Waals surface area contributed by atoms with E-state index in [1.54, 1.807) is 0 Å². The largest absolute Gasteiger partial charge is 0.350 e. The van der Waals surface area contributed by atoms with Crippen molar-refractivity contribution in [2.45, 2.75) is 39.8 Å². The number of carbonyl (C=O) groups is 2. The third kappa shape index (κ3) is 5.75. The fourth-order valence-electron chi connectivity index (χ4n) is 2.64. The summed E-state index contributed by atoms with van der Waals surface area (Å²) in [6, 6.07) is 16.9. The topological polar surface area (TPSA) is 58.2 Å². The Morgan fingerprint density at radius 2 is 1.60 bits per heavy atom. The van der Waals surface area contributed by atoms with Crippen LogP contribution in [0.4, 0.5) is 0 Å². The molecule has 2 rings (SSSR count). The van der Waals surface area contributed by atoms with Gasteiger partial charge in [-0.3, -0.25) is 9.59 Å². The van der Waals surface area contributed by atoms with Gasteiger partial charge in [0, 0.05) is 6.54 Å². The molecular formula is C21H26N2O2. The van der Waals surface area contributed by atoms with Crippen molar-refractivity contribution < 1.29 is 9.59 Å². The third-order valence-electron chi connectivity index (χ3n) is 4.19. The van der Waals surface area contributed by atoms with Crippen molar-refractivity contribution in [1.29, 1.82) is 0 Å². The summed E-state index contributed by atoms with van der Waals surface area (Å²) >= 11 is 0. The van der Waals surface area contributed by atoms with Crippen LogP contribution in [0.1, 0.15) is 30.5 Å². The molecule has 0 radical (unpaired) electrons. The molecule has 0 spiro atoms. The zero-order valence-corrected chi connectivity index (χ0v) is 15.1. The van der Waals surface area contributed by atoms with E-state index in [4.69, 9.17) is 0 Å². The average Bonchev–Trinajstić information content (AvgIpc) is 2.59. The monoisotopic (exact) mass is 338 g/mol. The molecule has 0 unspecified atom stereocenters. The van der Waals surface area contributed by atoms with Crippen LogP contribution in [-0.2, 0) is 22.6 Å². The Balaban J connectivity index is 1.93. The number of nitrogens with one attached hydrogen (secondary N) is 2. The summed E-state index contributed by atoms with van der Waals surface area (Å²) in [6.45, 7) is 6.34. The minimum Gasteiger partial charge on any atom is -0.350 e. The molecular weight excluding hydrogens is 312 g/mol. The van der Waals surface area contributed by atoms with Crippen molar-refractivity contribution >= 4 is 11.8 Å². The van der Waals surface area contributed by atoms with E-state index in [-0.39, 0.29) is 24.2 Å². The highest BCUT2D eigenvalue weighted by atomic mass is 16.2. The van der Waals surface area contributed by atoms with Gasteiger partial charge in [0.05, 0.1) is 6.42 Å². The first-order valence-electron chi connectivity index (χ1n) is 8.63. The molecule has 0 saturated heterocycles. The Kier molecular flexibility index (Phi) is 6.75. The lowest BCUT2D eigenvalue weighted by atomic mass is 10.0. The quantitative estimate of drug-likeness (QED) is 0.815. The van der Waals surface area contributed by atoms with Gasteiger partial charge in [-0.15, -0.1) is 0 Å². The summed E-state index contributed by atoms with van der Waals surface area (Å²) in [5.74, 6) is -0.285. The fraction of sp³-hybridized carbons (Fsp3) is 0.333. The number of carbonyl (C=O) groups excluding carboxylic acids is 2. The molecule has 0 aliphatic heterocycles. The van der Waals surface area contributed by atoms with Crippen molar-refractivity contribution in [1.82, 2.24) is 10.6 Å². The summed E-state index contributed by atoms with van der Waals surface area (Å²) < 4.78 is 0. The second kappa shape index (κ2) is 9.02. The van der Waals surface area contributed by atoms with Crippen LogP contribution in [0.15, 0.2) is 54.6 Å². The maximum atomic E-state index is 12.5. The van der Waals surface area contributed by atoms with Crippen molar-refractivity contribution in [3.8, 4) is 0 Å². The smallest absolute Gasteiger partial charge is 0.243 e. The zero-order chi connectivity index (χ0) is 18.2. The molecule has 2 N–H and O–H groups in total. The SMILES string of the molecule is Cc1ccccc1CNC(=O)[C@@H](NC(=O)Cc1ccccc1)C(C)C. The highest BCUT2D eigenvalue weighted by Crippen LogP contribution is 2.08. The summed E-state index contributed by atoms with van der Waals surface area (Å²) in [5, 5.41) is 5.80. The molecule has 0 bridgehead atoms. The lowest BCUT2D eigenvalue weighted by Crippen LogP contribution is -2.49. The maximum absolute atomic E-state index is 12.5. The van der Waals surface area contributed by atoms with E-state index in [2.05, 4.69) is 10.6 Å². The van der Waals surface area contributed by atoms with Gasteiger partial charge in [-0.25, -0.2) is 0 Å². The van der Waals surface area contributed by atoms with Crippen molar-refractivity contribution in [2.24, 2.45) is 5.92 Å². The fourth-order valence-corrected chi connectivity index (χ4v) is 2.64. The number of aryl methyl sites for hydroxylation is 1. The standard InChI is InChI=1S/C21H26N2O2/c1-15(2)20(23-19(24)13-17-10-5-4-6-11-17)21(25)22-14-18-12-8-7-9-16(18)3/h4-12,15,20H,13-14H2,1-3H3,(H,22,25)(H,23,24)/t20-/m0/s1. The Morgan fingerprint density at radius 3 is 2.24 bits per heavy atom. The minimum absolute atomic E-state index is 0.0107. The Hall–Kier alpha value is -2.62. The van der Waals surface area contributed by atoms with Gasteiger partial charge in [0.15, 0.2) is 0 Å². The normalized spacial score (nSPS) is 11.8. The highest BCUT2D eigenvalue weighted by Gasteiger charge is 2.24. The van der Waals surface area contributed by atoms with Crippen molar-refractivity contribution in [3.05, 3.63) is 71.3 Å². The number of amides is 2. The number of hydrogen-bond donors (Lipinski definition) is 2. The summed E-state index contributed by atoms with van der Waals surface area (Å²) in [7, 11) is 0. The number of benzene rings is 2. The second-order valence-corrected chi connectivity index (χ2v) is 6.60. The Morgan fingerprint density at radius 1 is 0.960 bits per heavy atom. The average molecular weight is 338 g/mol. The van der Waals surface area contributed by atoms with Gasteiger partial charge in [0.2, 0.25) is 11.8 Å². The van der Waals surface area contributed by atoms with Crippen LogP contribution in [-0.4, -0.2) is 17.9 Å². The first-order valence-corrected chi connectivity index (χ1v) is 8.63. The molecule has 0 heterocycles. The molecule has 2 aromatic rings. The number of rotatable bonds is 7. The summed E-state index contributed by atoms with van der Waals surface area (Å²) in [5.41, 5.74) is 3.15. The Bertz CT molecular complexity index is 711. The van der Waals surface area contributed by atoms with E-state index in [0.29, 0.717) is 6.54 Å². The maximum Gasteiger partial charge on any atom is 0.243 e. The zero-order valence-electron chi connectivity index (χ0n) is 15.1. The molecule has 4 nitrogen and oxygen atoms in total. The molecule has 0 aliphatic carbocycles. The van der Waals surface area contributed by atoms with Gasteiger partial charge < -0.3 is 10.6 Å². The van der Waals surface area contributed by atoms with Crippen LogP contribution in [0, 0.1) is 12.8 Å². The van der Waals surface area contributed by atoms with Crippen LogP contribution in [0.3, 0.4) is 0 Å². The van der Waals surface area contributed by atoms with Crippen LogP contribution >= 0.6 is 0 Å².